The van der Waals surface area contributed by atoms with Crippen LogP contribution in [0.15, 0.2) is 24.3 Å². The van der Waals surface area contributed by atoms with Crippen LogP contribution in [-0.4, -0.2) is 35.0 Å². The Morgan fingerprint density at radius 2 is 1.73 bits per heavy atom. The summed E-state index contributed by atoms with van der Waals surface area (Å²) in [6.45, 7) is 17.6. The van der Waals surface area contributed by atoms with Crippen LogP contribution in [0.1, 0.15) is 72.7 Å². The molecule has 1 aromatic heterocycles. The Labute approximate surface area is 179 Å². The van der Waals surface area contributed by atoms with E-state index in [1.165, 1.54) is 0 Å². The minimum atomic E-state index is -0.552. The lowest BCUT2D eigenvalue weighted by atomic mass is 9.78. The number of rotatable bonds is 3. The van der Waals surface area contributed by atoms with Gasteiger partial charge in [0.15, 0.2) is 0 Å². The number of aromatic nitrogens is 1. The van der Waals surface area contributed by atoms with Crippen LogP contribution >= 0.6 is 0 Å². The third kappa shape index (κ3) is 4.62. The molecule has 1 amide bonds. The molecule has 0 bridgehead atoms. The maximum atomic E-state index is 12.3. The summed E-state index contributed by atoms with van der Waals surface area (Å²) in [6.07, 6.45) is -0.445. The molecule has 1 aliphatic rings. The summed E-state index contributed by atoms with van der Waals surface area (Å²) in [5.74, 6) is 0. The number of nitrogens with zero attached hydrogens (tertiary/aromatic N) is 1. The first-order valence-electron chi connectivity index (χ1n) is 10.4. The summed E-state index contributed by atoms with van der Waals surface area (Å²) in [4.78, 5) is 17.0. The zero-order valence-electron chi connectivity index (χ0n) is 19.5. The standard InChI is InChI=1S/C23H33BN2O4/c1-14-12-17(15(2)26-20(27)28-21(3,4)5)18-13-16(10-11-19(18)25-14)24-29-22(6,7)23(8,9)30-24/h10-13,15H,1-9H3,(H,26,27). The predicted octanol–water partition coefficient (Wildman–Crippen LogP) is 4.43. The van der Waals surface area contributed by atoms with Gasteiger partial charge >= 0.3 is 13.2 Å². The number of fused-ring (bicyclic) bond motifs is 1. The van der Waals surface area contributed by atoms with Crippen LogP contribution in [0.5, 0.6) is 0 Å². The largest absolute Gasteiger partial charge is 0.494 e. The number of carbonyl (C=O) groups excluding carboxylic acids is 1. The van der Waals surface area contributed by atoms with Crippen LogP contribution in [0.2, 0.25) is 0 Å². The number of alkyl carbamates (subject to hydrolysis) is 1. The molecule has 0 saturated carbocycles. The maximum Gasteiger partial charge on any atom is 0.494 e. The van der Waals surface area contributed by atoms with Crippen LogP contribution in [0.4, 0.5) is 4.79 Å². The molecule has 2 heterocycles. The number of carbonyl (C=O) groups is 1. The quantitative estimate of drug-likeness (QED) is 0.756. The number of aryl methyl sites for hydroxylation is 1. The number of hydrogen-bond acceptors (Lipinski definition) is 5. The lowest BCUT2D eigenvalue weighted by Crippen LogP contribution is -2.41. The molecule has 1 atom stereocenters. The molecule has 1 unspecified atom stereocenters. The maximum absolute atomic E-state index is 12.3. The first-order chi connectivity index (χ1) is 13.7. The third-order valence-electron chi connectivity index (χ3n) is 5.72. The average molecular weight is 412 g/mol. The van der Waals surface area contributed by atoms with Gasteiger partial charge in [-0.25, -0.2) is 4.79 Å². The summed E-state index contributed by atoms with van der Waals surface area (Å²) in [7, 11) is -0.456. The van der Waals surface area contributed by atoms with Gasteiger partial charge in [0.2, 0.25) is 0 Å². The Bertz CT molecular complexity index is 950. The highest BCUT2D eigenvalue weighted by atomic mass is 16.7. The first-order valence-corrected chi connectivity index (χ1v) is 10.4. The topological polar surface area (TPSA) is 69.7 Å². The van der Waals surface area contributed by atoms with E-state index in [-0.39, 0.29) is 6.04 Å². The fourth-order valence-corrected chi connectivity index (χ4v) is 3.45. The van der Waals surface area contributed by atoms with Gasteiger partial charge < -0.3 is 19.4 Å². The smallest absolute Gasteiger partial charge is 0.444 e. The van der Waals surface area contributed by atoms with Crippen molar-refractivity contribution in [1.82, 2.24) is 10.3 Å². The monoisotopic (exact) mass is 412 g/mol. The summed E-state index contributed by atoms with van der Waals surface area (Å²) in [5.41, 5.74) is 2.28. The van der Waals surface area contributed by atoms with E-state index in [2.05, 4.69) is 10.3 Å². The van der Waals surface area contributed by atoms with Gasteiger partial charge in [-0.3, -0.25) is 4.98 Å². The van der Waals surface area contributed by atoms with Crippen molar-refractivity contribution in [3.8, 4) is 0 Å². The highest BCUT2D eigenvalue weighted by Gasteiger charge is 2.51. The van der Waals surface area contributed by atoms with Gasteiger partial charge in [-0.05, 0) is 85.5 Å². The van der Waals surface area contributed by atoms with Gasteiger partial charge in [0.1, 0.15) is 5.60 Å². The Hall–Kier alpha value is -2.12. The van der Waals surface area contributed by atoms with Crippen LogP contribution in [0.3, 0.4) is 0 Å². The SMILES string of the molecule is Cc1cc(C(C)NC(=O)OC(C)(C)C)c2cc(B3OC(C)(C)C(C)(C)O3)ccc2n1. The van der Waals surface area contributed by atoms with Gasteiger partial charge in [0, 0.05) is 11.1 Å². The predicted molar refractivity (Wildman–Crippen MR) is 120 cm³/mol. The molecule has 1 fully saturated rings. The van der Waals surface area contributed by atoms with Gasteiger partial charge in [-0.15, -0.1) is 0 Å². The van der Waals surface area contributed by atoms with Crippen molar-refractivity contribution in [3.05, 3.63) is 35.5 Å². The average Bonchev–Trinajstić information content (AvgIpc) is 2.79. The van der Waals surface area contributed by atoms with Crippen molar-refractivity contribution in [2.75, 3.05) is 0 Å². The van der Waals surface area contributed by atoms with Crippen molar-refractivity contribution in [2.45, 2.75) is 85.2 Å². The van der Waals surface area contributed by atoms with Gasteiger partial charge in [-0.1, -0.05) is 12.1 Å². The number of amides is 1. The highest BCUT2D eigenvalue weighted by Crippen LogP contribution is 2.36. The van der Waals surface area contributed by atoms with E-state index in [9.17, 15) is 4.79 Å². The molecule has 3 rings (SSSR count). The normalized spacial score (nSPS) is 19.0. The summed E-state index contributed by atoms with van der Waals surface area (Å²) in [6, 6.07) is 7.77. The number of pyridine rings is 1. The van der Waals surface area contributed by atoms with Gasteiger partial charge in [-0.2, -0.15) is 0 Å². The van der Waals surface area contributed by atoms with E-state index in [0.29, 0.717) is 0 Å². The minimum absolute atomic E-state index is 0.252. The molecule has 0 radical (unpaired) electrons. The Morgan fingerprint density at radius 3 is 2.30 bits per heavy atom. The molecule has 162 valence electrons. The molecule has 0 spiro atoms. The molecule has 1 aromatic carbocycles. The Kier molecular flexibility index (Phi) is 5.67. The highest BCUT2D eigenvalue weighted by molar-refractivity contribution is 6.62. The molecule has 1 N–H and O–H groups in total. The van der Waals surface area contributed by atoms with Crippen molar-refractivity contribution >= 4 is 29.6 Å². The van der Waals surface area contributed by atoms with E-state index in [1.807, 2.05) is 86.6 Å². The number of nitrogens with one attached hydrogen (secondary N) is 1. The minimum Gasteiger partial charge on any atom is -0.444 e. The first kappa shape index (κ1) is 22.6. The number of hydrogen-bond donors (Lipinski definition) is 1. The molecule has 1 saturated heterocycles. The third-order valence-corrected chi connectivity index (χ3v) is 5.72. The molecular weight excluding hydrogens is 379 g/mol. The summed E-state index contributed by atoms with van der Waals surface area (Å²) in [5, 5.41) is 3.89. The second-order valence-corrected chi connectivity index (χ2v) is 10.1. The number of benzene rings is 1. The lowest BCUT2D eigenvalue weighted by molar-refractivity contribution is 0.00578. The molecular formula is C23H33BN2O4. The van der Waals surface area contributed by atoms with Crippen molar-refractivity contribution in [2.24, 2.45) is 0 Å². The molecule has 2 aromatic rings. The summed E-state index contributed by atoms with van der Waals surface area (Å²) >= 11 is 0. The number of ether oxygens (including phenoxy) is 1. The van der Waals surface area contributed by atoms with Gasteiger partial charge in [0.25, 0.3) is 0 Å². The molecule has 7 heteroatoms. The Balaban J connectivity index is 1.95. The fourth-order valence-electron chi connectivity index (χ4n) is 3.45. The fraction of sp³-hybridized carbons (Fsp3) is 0.565. The summed E-state index contributed by atoms with van der Waals surface area (Å²) < 4.78 is 17.8. The van der Waals surface area contributed by atoms with E-state index >= 15 is 0 Å². The van der Waals surface area contributed by atoms with Crippen molar-refractivity contribution in [3.63, 3.8) is 0 Å². The zero-order valence-corrected chi connectivity index (χ0v) is 19.5. The molecule has 0 aliphatic carbocycles. The van der Waals surface area contributed by atoms with Crippen LogP contribution in [0.25, 0.3) is 10.9 Å². The molecule has 1 aliphatic heterocycles. The van der Waals surface area contributed by atoms with E-state index in [1.54, 1.807) is 0 Å². The van der Waals surface area contributed by atoms with E-state index in [0.717, 1.165) is 27.6 Å². The van der Waals surface area contributed by atoms with Gasteiger partial charge in [0.05, 0.1) is 22.8 Å². The molecule has 30 heavy (non-hydrogen) atoms. The van der Waals surface area contributed by atoms with Crippen LogP contribution < -0.4 is 10.8 Å². The Morgan fingerprint density at radius 1 is 1.13 bits per heavy atom. The lowest BCUT2D eigenvalue weighted by Gasteiger charge is -2.32. The zero-order chi connectivity index (χ0) is 22.5. The van der Waals surface area contributed by atoms with Crippen molar-refractivity contribution < 1.29 is 18.8 Å². The second-order valence-electron chi connectivity index (χ2n) is 10.1. The van der Waals surface area contributed by atoms with E-state index < -0.39 is 30.0 Å². The van der Waals surface area contributed by atoms with Crippen molar-refractivity contribution in [1.29, 1.82) is 0 Å². The van der Waals surface area contributed by atoms with E-state index in [4.69, 9.17) is 14.0 Å². The second kappa shape index (κ2) is 7.54. The van der Waals surface area contributed by atoms with Crippen LogP contribution in [-0.2, 0) is 14.0 Å². The molecule has 6 nitrogen and oxygen atoms in total. The van der Waals surface area contributed by atoms with Crippen LogP contribution in [0, 0.1) is 6.92 Å².